The van der Waals surface area contributed by atoms with Gasteiger partial charge in [-0.3, -0.25) is 9.69 Å². The van der Waals surface area contributed by atoms with E-state index in [2.05, 4.69) is 36.1 Å². The topological polar surface area (TPSA) is 32.8 Å². The van der Waals surface area contributed by atoms with Crippen LogP contribution in [-0.2, 0) is 16.1 Å². The monoisotopic (exact) mass is 302 g/mol. The molecule has 4 nitrogen and oxygen atoms in total. The summed E-state index contributed by atoms with van der Waals surface area (Å²) in [4.78, 5) is 16.6. The summed E-state index contributed by atoms with van der Waals surface area (Å²) < 4.78 is 5.42. The van der Waals surface area contributed by atoms with Gasteiger partial charge in [-0.15, -0.1) is 0 Å². The molecule has 2 aliphatic heterocycles. The molecule has 4 heteroatoms. The van der Waals surface area contributed by atoms with Gasteiger partial charge in [-0.25, -0.2) is 0 Å². The third-order valence-corrected chi connectivity index (χ3v) is 4.73. The van der Waals surface area contributed by atoms with Gasteiger partial charge in [0.15, 0.2) is 0 Å². The predicted molar refractivity (Wildman–Crippen MR) is 86.6 cm³/mol. The van der Waals surface area contributed by atoms with Crippen LogP contribution in [0.1, 0.15) is 24.0 Å². The van der Waals surface area contributed by atoms with E-state index in [9.17, 15) is 4.79 Å². The molecule has 120 valence electrons. The number of hydrogen-bond acceptors (Lipinski definition) is 3. The number of piperazine rings is 1. The van der Waals surface area contributed by atoms with Crippen molar-refractivity contribution in [1.82, 2.24) is 9.80 Å². The average Bonchev–Trinajstić information content (AvgIpc) is 3.01. The smallest absolute Gasteiger partial charge is 0.237 e. The van der Waals surface area contributed by atoms with Crippen LogP contribution in [0.15, 0.2) is 24.3 Å². The Morgan fingerprint density at radius 1 is 1.32 bits per heavy atom. The minimum Gasteiger partial charge on any atom is -0.381 e. The van der Waals surface area contributed by atoms with E-state index in [1.807, 2.05) is 4.90 Å². The van der Waals surface area contributed by atoms with Crippen molar-refractivity contribution in [3.63, 3.8) is 0 Å². The highest BCUT2D eigenvalue weighted by Gasteiger charge is 2.25. The maximum absolute atomic E-state index is 12.3. The lowest BCUT2D eigenvalue weighted by molar-refractivity contribution is -0.136. The highest BCUT2D eigenvalue weighted by Crippen LogP contribution is 2.18. The summed E-state index contributed by atoms with van der Waals surface area (Å²) in [7, 11) is 0. The SMILES string of the molecule is Cc1cccc(CN2CCN(CC[C@@H]3CCOC3)CC2=O)c1. The number of carbonyl (C=O) groups excluding carboxylic acids is 1. The molecule has 3 rings (SSSR count). The number of ether oxygens (including phenoxy) is 1. The van der Waals surface area contributed by atoms with Crippen LogP contribution < -0.4 is 0 Å². The molecule has 1 atom stereocenters. The minimum absolute atomic E-state index is 0.260. The molecule has 0 unspecified atom stereocenters. The quantitative estimate of drug-likeness (QED) is 0.835. The van der Waals surface area contributed by atoms with Crippen molar-refractivity contribution >= 4 is 5.91 Å². The Bertz CT molecular complexity index is 512. The summed E-state index contributed by atoms with van der Waals surface area (Å²) in [5.41, 5.74) is 2.48. The Kier molecular flexibility index (Phi) is 5.11. The molecule has 0 spiro atoms. The Labute approximate surface area is 133 Å². The van der Waals surface area contributed by atoms with Gasteiger partial charge in [-0.2, -0.15) is 0 Å². The molecule has 22 heavy (non-hydrogen) atoms. The molecule has 0 N–H and O–H groups in total. The van der Waals surface area contributed by atoms with Crippen LogP contribution in [0.25, 0.3) is 0 Å². The van der Waals surface area contributed by atoms with Gasteiger partial charge < -0.3 is 9.64 Å². The van der Waals surface area contributed by atoms with Crippen molar-refractivity contribution < 1.29 is 9.53 Å². The van der Waals surface area contributed by atoms with Gasteiger partial charge in [0.1, 0.15) is 0 Å². The van der Waals surface area contributed by atoms with E-state index < -0.39 is 0 Å². The summed E-state index contributed by atoms with van der Waals surface area (Å²) in [6, 6.07) is 8.43. The maximum atomic E-state index is 12.3. The molecule has 2 aliphatic rings. The van der Waals surface area contributed by atoms with Crippen LogP contribution in [0.5, 0.6) is 0 Å². The van der Waals surface area contributed by atoms with E-state index in [1.165, 1.54) is 17.5 Å². The summed E-state index contributed by atoms with van der Waals surface area (Å²) in [5, 5.41) is 0. The van der Waals surface area contributed by atoms with Crippen LogP contribution >= 0.6 is 0 Å². The average molecular weight is 302 g/mol. The number of rotatable bonds is 5. The van der Waals surface area contributed by atoms with Gasteiger partial charge in [0, 0.05) is 32.8 Å². The van der Waals surface area contributed by atoms with E-state index in [1.54, 1.807) is 0 Å². The number of amides is 1. The molecule has 1 amide bonds. The molecule has 1 aromatic rings. The predicted octanol–water partition coefficient (Wildman–Crippen LogP) is 2.07. The molecule has 2 heterocycles. The second-order valence-corrected chi connectivity index (χ2v) is 6.60. The lowest BCUT2D eigenvalue weighted by Gasteiger charge is -2.34. The van der Waals surface area contributed by atoms with Gasteiger partial charge >= 0.3 is 0 Å². The number of carbonyl (C=O) groups is 1. The standard InChI is InChI=1S/C18H26N2O2/c1-15-3-2-4-17(11-15)12-20-9-8-19(13-18(20)21)7-5-16-6-10-22-14-16/h2-4,11,16H,5-10,12-14H2,1H3/t16-/m1/s1. The number of nitrogens with zero attached hydrogens (tertiary/aromatic N) is 2. The van der Waals surface area contributed by atoms with Crippen molar-refractivity contribution in [1.29, 1.82) is 0 Å². The zero-order valence-corrected chi connectivity index (χ0v) is 13.5. The Morgan fingerprint density at radius 3 is 2.95 bits per heavy atom. The van der Waals surface area contributed by atoms with Crippen molar-refractivity contribution in [2.24, 2.45) is 5.92 Å². The lowest BCUT2D eigenvalue weighted by atomic mass is 10.0. The van der Waals surface area contributed by atoms with E-state index in [4.69, 9.17) is 4.74 Å². The Balaban J connectivity index is 1.46. The number of benzene rings is 1. The van der Waals surface area contributed by atoms with Crippen LogP contribution in [-0.4, -0.2) is 55.1 Å². The first-order valence-corrected chi connectivity index (χ1v) is 8.34. The molecule has 2 saturated heterocycles. The second kappa shape index (κ2) is 7.25. The van der Waals surface area contributed by atoms with Crippen LogP contribution in [0.4, 0.5) is 0 Å². The fourth-order valence-electron chi connectivity index (χ4n) is 3.32. The summed E-state index contributed by atoms with van der Waals surface area (Å²) >= 11 is 0. The first-order valence-electron chi connectivity index (χ1n) is 8.34. The third kappa shape index (κ3) is 4.08. The lowest BCUT2D eigenvalue weighted by Crippen LogP contribution is -2.50. The van der Waals surface area contributed by atoms with Crippen LogP contribution in [0.2, 0.25) is 0 Å². The van der Waals surface area contributed by atoms with Crippen molar-refractivity contribution in [3.8, 4) is 0 Å². The molecule has 0 saturated carbocycles. The Morgan fingerprint density at radius 2 is 2.23 bits per heavy atom. The summed E-state index contributed by atoms with van der Waals surface area (Å²) in [6.07, 6.45) is 2.34. The molecular formula is C18H26N2O2. The van der Waals surface area contributed by atoms with Gasteiger partial charge in [-0.1, -0.05) is 29.8 Å². The minimum atomic E-state index is 0.260. The Hall–Kier alpha value is -1.39. The zero-order valence-electron chi connectivity index (χ0n) is 13.5. The van der Waals surface area contributed by atoms with Gasteiger partial charge in [0.25, 0.3) is 0 Å². The molecule has 0 bridgehead atoms. The molecule has 1 aromatic carbocycles. The molecule has 2 fully saturated rings. The summed E-state index contributed by atoms with van der Waals surface area (Å²) in [6.45, 7) is 8.08. The van der Waals surface area contributed by atoms with Gasteiger partial charge in [0.2, 0.25) is 5.91 Å². The largest absolute Gasteiger partial charge is 0.381 e. The summed E-state index contributed by atoms with van der Waals surface area (Å²) in [5.74, 6) is 0.954. The first kappa shape index (κ1) is 15.5. The molecule has 0 aliphatic carbocycles. The van der Waals surface area contributed by atoms with E-state index in [0.29, 0.717) is 12.5 Å². The fourth-order valence-corrected chi connectivity index (χ4v) is 3.32. The number of aryl methyl sites for hydroxylation is 1. The second-order valence-electron chi connectivity index (χ2n) is 6.60. The van der Waals surface area contributed by atoms with Crippen LogP contribution in [0, 0.1) is 12.8 Å². The molecular weight excluding hydrogens is 276 g/mol. The van der Waals surface area contributed by atoms with Gasteiger partial charge in [-0.05, 0) is 37.8 Å². The van der Waals surface area contributed by atoms with Crippen molar-refractivity contribution in [2.75, 3.05) is 39.4 Å². The van der Waals surface area contributed by atoms with Gasteiger partial charge in [0.05, 0.1) is 6.54 Å². The highest BCUT2D eigenvalue weighted by molar-refractivity contribution is 5.79. The first-order chi connectivity index (χ1) is 10.7. The normalized spacial score (nSPS) is 23.2. The maximum Gasteiger partial charge on any atom is 0.237 e. The third-order valence-electron chi connectivity index (χ3n) is 4.73. The highest BCUT2D eigenvalue weighted by atomic mass is 16.5. The van der Waals surface area contributed by atoms with E-state index in [-0.39, 0.29) is 5.91 Å². The zero-order chi connectivity index (χ0) is 15.4. The van der Waals surface area contributed by atoms with Crippen molar-refractivity contribution in [3.05, 3.63) is 35.4 Å². The van der Waals surface area contributed by atoms with Crippen molar-refractivity contribution in [2.45, 2.75) is 26.3 Å². The van der Waals surface area contributed by atoms with Crippen LogP contribution in [0.3, 0.4) is 0 Å². The fraction of sp³-hybridized carbons (Fsp3) is 0.611. The molecule has 0 radical (unpaired) electrons. The molecule has 0 aromatic heterocycles. The van der Waals surface area contributed by atoms with E-state index in [0.717, 1.165) is 45.8 Å². The number of hydrogen-bond donors (Lipinski definition) is 0. The van der Waals surface area contributed by atoms with E-state index >= 15 is 0 Å².